The summed E-state index contributed by atoms with van der Waals surface area (Å²) < 4.78 is 0. The number of amides is 2. The SMILES string of the molecule is CC1=C(C(=O)Nc2ccccc2)C(c2cccc(NC(=O)c3ccc(C)c([N+](=O)[O-])c3)c2)N2CCCSC2=N1. The summed E-state index contributed by atoms with van der Waals surface area (Å²) in [4.78, 5) is 44.4. The Hall–Kier alpha value is -4.44. The number of para-hydroxylation sites is 1. The van der Waals surface area contributed by atoms with Crippen LogP contribution >= 0.6 is 11.8 Å². The molecule has 1 unspecified atom stereocenters. The Bertz CT molecular complexity index is 1520. The summed E-state index contributed by atoms with van der Waals surface area (Å²) in [6.07, 6.45) is 0.954. The Kier molecular flexibility index (Phi) is 7.47. The molecule has 2 heterocycles. The number of anilines is 2. The second kappa shape index (κ2) is 11.1. The molecule has 0 saturated carbocycles. The van der Waals surface area contributed by atoms with Gasteiger partial charge >= 0.3 is 0 Å². The number of fused-ring (bicyclic) bond motifs is 1. The Balaban J connectivity index is 1.47. The van der Waals surface area contributed by atoms with Gasteiger partial charge in [0, 0.05) is 40.9 Å². The van der Waals surface area contributed by atoms with E-state index in [-0.39, 0.29) is 17.2 Å². The van der Waals surface area contributed by atoms with Gasteiger partial charge < -0.3 is 15.5 Å². The number of aliphatic imine (C=N–C) groups is 1. The van der Waals surface area contributed by atoms with Crippen LogP contribution in [0.2, 0.25) is 0 Å². The summed E-state index contributed by atoms with van der Waals surface area (Å²) in [7, 11) is 0. The van der Waals surface area contributed by atoms with Gasteiger partial charge in [0.1, 0.15) is 0 Å². The molecule has 2 amide bonds. The second-order valence-electron chi connectivity index (χ2n) is 9.35. The Morgan fingerprint density at radius 1 is 0.974 bits per heavy atom. The number of nitro benzene ring substituents is 1. The largest absolute Gasteiger partial charge is 0.340 e. The molecule has 198 valence electrons. The van der Waals surface area contributed by atoms with E-state index in [4.69, 9.17) is 4.99 Å². The molecule has 1 atom stereocenters. The lowest BCUT2D eigenvalue weighted by Gasteiger charge is -2.41. The molecule has 0 aliphatic carbocycles. The summed E-state index contributed by atoms with van der Waals surface area (Å²) in [5.74, 6) is 0.270. The number of nitro groups is 1. The maximum atomic E-state index is 13.6. The van der Waals surface area contributed by atoms with E-state index >= 15 is 0 Å². The van der Waals surface area contributed by atoms with Gasteiger partial charge in [-0.15, -0.1) is 0 Å². The first-order chi connectivity index (χ1) is 18.8. The van der Waals surface area contributed by atoms with Gasteiger partial charge in [-0.05, 0) is 56.2 Å². The van der Waals surface area contributed by atoms with E-state index < -0.39 is 16.9 Å². The van der Waals surface area contributed by atoms with Gasteiger partial charge in [0.25, 0.3) is 17.5 Å². The van der Waals surface area contributed by atoms with Crippen molar-refractivity contribution >= 4 is 45.8 Å². The minimum absolute atomic E-state index is 0.109. The quantitative estimate of drug-likeness (QED) is 0.296. The van der Waals surface area contributed by atoms with E-state index in [1.165, 1.54) is 6.07 Å². The first-order valence-corrected chi connectivity index (χ1v) is 13.5. The fourth-order valence-electron chi connectivity index (χ4n) is 4.76. The normalized spacial score (nSPS) is 16.7. The highest BCUT2D eigenvalue weighted by atomic mass is 32.2. The molecule has 0 spiro atoms. The smallest absolute Gasteiger partial charge is 0.273 e. The predicted octanol–water partition coefficient (Wildman–Crippen LogP) is 5.92. The zero-order valence-corrected chi connectivity index (χ0v) is 22.3. The number of nitrogens with zero attached hydrogens (tertiary/aromatic N) is 3. The van der Waals surface area contributed by atoms with Gasteiger partial charge in [-0.3, -0.25) is 19.7 Å². The molecule has 3 aromatic carbocycles. The van der Waals surface area contributed by atoms with Crippen molar-refractivity contribution in [2.45, 2.75) is 26.3 Å². The van der Waals surface area contributed by atoms with E-state index in [0.29, 0.717) is 28.2 Å². The van der Waals surface area contributed by atoms with E-state index in [2.05, 4.69) is 15.5 Å². The van der Waals surface area contributed by atoms with Gasteiger partial charge in [0.15, 0.2) is 5.17 Å². The summed E-state index contributed by atoms with van der Waals surface area (Å²) in [6, 6.07) is 20.7. The number of rotatable bonds is 6. The first-order valence-electron chi connectivity index (χ1n) is 12.5. The van der Waals surface area contributed by atoms with Crippen LogP contribution in [0.3, 0.4) is 0 Å². The lowest BCUT2D eigenvalue weighted by Crippen LogP contribution is -2.43. The maximum Gasteiger partial charge on any atom is 0.273 e. The summed E-state index contributed by atoms with van der Waals surface area (Å²) in [5, 5.41) is 18.1. The minimum atomic E-state index is -0.498. The van der Waals surface area contributed by atoms with Crippen molar-refractivity contribution in [3.05, 3.63) is 111 Å². The second-order valence-corrected chi connectivity index (χ2v) is 10.4. The molecule has 3 aromatic rings. The first kappa shape index (κ1) is 26.2. The van der Waals surface area contributed by atoms with Crippen LogP contribution in [0.5, 0.6) is 0 Å². The van der Waals surface area contributed by atoms with E-state index in [0.717, 1.165) is 29.4 Å². The molecular formula is C29H27N5O4S. The molecule has 1 saturated heterocycles. The molecule has 9 nitrogen and oxygen atoms in total. The number of thioether (sulfide) groups is 1. The number of benzene rings is 3. The van der Waals surface area contributed by atoms with Crippen LogP contribution in [0.15, 0.2) is 89.1 Å². The topological polar surface area (TPSA) is 117 Å². The molecule has 0 aromatic heterocycles. The summed E-state index contributed by atoms with van der Waals surface area (Å²) in [5.41, 5.74) is 3.80. The predicted molar refractivity (Wildman–Crippen MR) is 154 cm³/mol. The Labute approximate surface area is 230 Å². The van der Waals surface area contributed by atoms with Crippen LogP contribution in [0.4, 0.5) is 17.1 Å². The molecular weight excluding hydrogens is 514 g/mol. The molecule has 2 aliphatic rings. The average Bonchev–Trinajstić information content (AvgIpc) is 2.93. The van der Waals surface area contributed by atoms with Gasteiger partial charge in [-0.25, -0.2) is 4.99 Å². The summed E-state index contributed by atoms with van der Waals surface area (Å²) in [6.45, 7) is 4.22. The molecule has 5 rings (SSSR count). The van der Waals surface area contributed by atoms with Crippen molar-refractivity contribution in [1.29, 1.82) is 0 Å². The van der Waals surface area contributed by atoms with Crippen molar-refractivity contribution in [3.8, 4) is 0 Å². The fraction of sp³-hybridized carbons (Fsp3) is 0.207. The van der Waals surface area contributed by atoms with Crippen LogP contribution in [-0.4, -0.2) is 39.1 Å². The van der Waals surface area contributed by atoms with Crippen molar-refractivity contribution in [1.82, 2.24) is 4.90 Å². The van der Waals surface area contributed by atoms with Gasteiger partial charge in [0.05, 0.1) is 22.2 Å². The number of carbonyl (C=O) groups excluding carboxylic acids is 2. The van der Waals surface area contributed by atoms with Crippen LogP contribution in [0, 0.1) is 17.0 Å². The molecule has 10 heteroatoms. The monoisotopic (exact) mass is 541 g/mol. The maximum absolute atomic E-state index is 13.6. The van der Waals surface area contributed by atoms with E-state index in [9.17, 15) is 19.7 Å². The molecule has 2 N–H and O–H groups in total. The molecule has 1 fully saturated rings. The summed E-state index contributed by atoms with van der Waals surface area (Å²) >= 11 is 1.67. The third-order valence-electron chi connectivity index (χ3n) is 6.66. The van der Waals surface area contributed by atoms with Gasteiger partial charge in [0.2, 0.25) is 0 Å². The highest BCUT2D eigenvalue weighted by molar-refractivity contribution is 8.13. The number of hydrogen-bond acceptors (Lipinski definition) is 7. The molecule has 39 heavy (non-hydrogen) atoms. The fourth-order valence-corrected chi connectivity index (χ4v) is 5.78. The van der Waals surface area contributed by atoms with Gasteiger partial charge in [-0.1, -0.05) is 48.2 Å². The van der Waals surface area contributed by atoms with Crippen molar-refractivity contribution < 1.29 is 14.5 Å². The number of amidine groups is 1. The third-order valence-corrected chi connectivity index (χ3v) is 7.74. The van der Waals surface area contributed by atoms with Crippen LogP contribution in [-0.2, 0) is 4.79 Å². The van der Waals surface area contributed by atoms with Crippen LogP contribution < -0.4 is 10.6 Å². The van der Waals surface area contributed by atoms with E-state index in [1.54, 1.807) is 36.9 Å². The highest BCUT2D eigenvalue weighted by Crippen LogP contribution is 2.40. The van der Waals surface area contributed by atoms with Crippen LogP contribution in [0.25, 0.3) is 0 Å². The Morgan fingerprint density at radius 3 is 2.49 bits per heavy atom. The van der Waals surface area contributed by atoms with Crippen LogP contribution in [0.1, 0.15) is 40.9 Å². The minimum Gasteiger partial charge on any atom is -0.340 e. The van der Waals surface area contributed by atoms with Crippen molar-refractivity contribution in [2.24, 2.45) is 4.99 Å². The number of carbonyl (C=O) groups is 2. The molecule has 2 aliphatic heterocycles. The van der Waals surface area contributed by atoms with Crippen molar-refractivity contribution in [2.75, 3.05) is 22.9 Å². The third kappa shape index (κ3) is 5.56. The van der Waals surface area contributed by atoms with Gasteiger partial charge in [-0.2, -0.15) is 0 Å². The lowest BCUT2D eigenvalue weighted by atomic mass is 9.93. The number of nitrogens with one attached hydrogen (secondary N) is 2. The van der Waals surface area contributed by atoms with Crippen molar-refractivity contribution in [3.63, 3.8) is 0 Å². The zero-order valence-electron chi connectivity index (χ0n) is 21.5. The highest BCUT2D eigenvalue weighted by Gasteiger charge is 2.37. The molecule has 0 radical (unpaired) electrons. The molecule has 0 bridgehead atoms. The lowest BCUT2D eigenvalue weighted by molar-refractivity contribution is -0.385. The number of aryl methyl sites for hydroxylation is 1. The standard InChI is InChI=1S/C29H27N5O4S/c1-18-12-13-21(17-24(18)34(37)38)27(35)32-23-11-6-8-20(16-23)26-25(28(36)31-22-9-4-3-5-10-22)19(2)30-29-33(26)14-7-15-39-29/h3-6,8-13,16-17,26H,7,14-15H2,1-2H3,(H,31,36)(H,32,35). The Morgan fingerprint density at radius 2 is 1.72 bits per heavy atom. The zero-order chi connectivity index (χ0) is 27.5. The number of allylic oxidation sites excluding steroid dienone is 1. The number of hydrogen-bond donors (Lipinski definition) is 2. The van der Waals surface area contributed by atoms with E-state index in [1.807, 2.05) is 55.5 Å². The average molecular weight is 542 g/mol.